The minimum absolute atomic E-state index is 0.00764. The van der Waals surface area contributed by atoms with Gasteiger partial charge in [-0.2, -0.15) is 0 Å². The molecule has 2 aromatic carbocycles. The average molecular weight is 352 g/mol. The maximum Gasteiger partial charge on any atom is 0.256 e. The highest BCUT2D eigenvalue weighted by Gasteiger charge is 2.30. The maximum atomic E-state index is 13.2. The van der Waals surface area contributed by atoms with Crippen LogP contribution >= 0.6 is 0 Å². The second-order valence-electron chi connectivity index (χ2n) is 6.91. The van der Waals surface area contributed by atoms with E-state index in [0.29, 0.717) is 0 Å². The number of ether oxygens (including phenoxy) is 1. The number of hydrogen-bond acceptors (Lipinski definition) is 3. The fourth-order valence-electron chi connectivity index (χ4n) is 3.68. The summed E-state index contributed by atoms with van der Waals surface area (Å²) in [6.07, 6.45) is 1.90. The van der Waals surface area contributed by atoms with Crippen molar-refractivity contribution in [3.63, 3.8) is 0 Å². The number of methoxy groups -OCH3 is 1. The van der Waals surface area contributed by atoms with Gasteiger partial charge in [0.2, 0.25) is 0 Å². The van der Waals surface area contributed by atoms with E-state index in [0.717, 1.165) is 30.8 Å². The fraction of sp³-hybridized carbons (Fsp3) is 0.409. The number of likely N-dealkylation sites (N-methyl/N-ethyl adjacent to an activating group) is 1. The molecule has 0 spiro atoms. The van der Waals surface area contributed by atoms with Crippen LogP contribution in [0, 0.1) is 0 Å². The zero-order chi connectivity index (χ0) is 18.4. The van der Waals surface area contributed by atoms with Crippen LogP contribution in [0.3, 0.4) is 0 Å². The summed E-state index contributed by atoms with van der Waals surface area (Å²) in [5.74, 6) is -0.00764. The molecule has 1 aliphatic rings. The van der Waals surface area contributed by atoms with E-state index >= 15 is 0 Å². The van der Waals surface area contributed by atoms with Crippen LogP contribution in [-0.2, 0) is 9.53 Å². The van der Waals surface area contributed by atoms with Crippen LogP contribution in [0.15, 0.2) is 60.7 Å². The summed E-state index contributed by atoms with van der Waals surface area (Å²) in [4.78, 5) is 17.6. The van der Waals surface area contributed by atoms with E-state index in [1.165, 1.54) is 12.8 Å². The van der Waals surface area contributed by atoms with E-state index in [-0.39, 0.29) is 11.9 Å². The highest BCUT2D eigenvalue weighted by Crippen LogP contribution is 2.27. The number of carbonyl (C=O) groups is 1. The summed E-state index contributed by atoms with van der Waals surface area (Å²) in [5.41, 5.74) is 2.05. The predicted octanol–water partition coefficient (Wildman–Crippen LogP) is 3.67. The first-order valence-electron chi connectivity index (χ1n) is 9.32. The largest absolute Gasteiger partial charge is 0.367 e. The van der Waals surface area contributed by atoms with Crippen LogP contribution in [0.1, 0.15) is 36.1 Å². The standard InChI is InChI=1S/C22H28N2O2/c1-23(22(25)21(26-2)19-13-7-4-8-14-19)20(17-24-15-9-10-16-24)18-11-5-3-6-12-18/h3-8,11-14,20-21H,9-10,15-17H2,1-2H3/t20-,21?/m1/s1. The van der Waals surface area contributed by atoms with Gasteiger partial charge in [0, 0.05) is 20.7 Å². The summed E-state index contributed by atoms with van der Waals surface area (Å²) in [7, 11) is 3.49. The molecule has 0 aromatic heterocycles. The molecule has 2 aromatic rings. The van der Waals surface area contributed by atoms with Crippen LogP contribution < -0.4 is 0 Å². The quantitative estimate of drug-likeness (QED) is 0.762. The van der Waals surface area contributed by atoms with Gasteiger partial charge < -0.3 is 14.5 Å². The molecule has 0 N–H and O–H groups in total. The summed E-state index contributed by atoms with van der Waals surface area (Å²) < 4.78 is 5.57. The van der Waals surface area contributed by atoms with Crippen LogP contribution in [0.25, 0.3) is 0 Å². The van der Waals surface area contributed by atoms with E-state index < -0.39 is 6.10 Å². The molecule has 0 aliphatic carbocycles. The minimum Gasteiger partial charge on any atom is -0.367 e. The van der Waals surface area contributed by atoms with Gasteiger partial charge in [0.25, 0.3) is 5.91 Å². The Morgan fingerprint density at radius 2 is 1.54 bits per heavy atom. The normalized spacial score (nSPS) is 17.0. The predicted molar refractivity (Wildman–Crippen MR) is 104 cm³/mol. The van der Waals surface area contributed by atoms with E-state index in [1.54, 1.807) is 7.11 Å². The third-order valence-electron chi connectivity index (χ3n) is 5.19. The van der Waals surface area contributed by atoms with E-state index in [1.807, 2.05) is 60.5 Å². The van der Waals surface area contributed by atoms with Crippen molar-refractivity contribution in [1.29, 1.82) is 0 Å². The zero-order valence-corrected chi connectivity index (χ0v) is 15.7. The number of nitrogens with zero attached hydrogens (tertiary/aromatic N) is 2. The van der Waals surface area contributed by atoms with Gasteiger partial charge in [-0.25, -0.2) is 0 Å². The molecule has 1 aliphatic heterocycles. The van der Waals surface area contributed by atoms with Gasteiger partial charge in [-0.15, -0.1) is 0 Å². The molecule has 4 nitrogen and oxygen atoms in total. The smallest absolute Gasteiger partial charge is 0.256 e. The lowest BCUT2D eigenvalue weighted by atomic mass is 10.0. The number of rotatable bonds is 7. The third kappa shape index (κ3) is 4.32. The molecule has 0 saturated carbocycles. The summed E-state index contributed by atoms with van der Waals surface area (Å²) in [6.45, 7) is 3.08. The van der Waals surface area contributed by atoms with Gasteiger partial charge in [-0.3, -0.25) is 4.79 Å². The third-order valence-corrected chi connectivity index (χ3v) is 5.19. The number of carbonyl (C=O) groups excluding carboxylic acids is 1. The van der Waals surface area contributed by atoms with Crippen LogP contribution in [0.4, 0.5) is 0 Å². The van der Waals surface area contributed by atoms with Crippen LogP contribution in [0.5, 0.6) is 0 Å². The van der Waals surface area contributed by atoms with Crippen molar-refractivity contribution in [2.24, 2.45) is 0 Å². The van der Waals surface area contributed by atoms with E-state index in [9.17, 15) is 4.79 Å². The van der Waals surface area contributed by atoms with Crippen molar-refractivity contribution >= 4 is 5.91 Å². The number of amides is 1. The topological polar surface area (TPSA) is 32.8 Å². The number of benzene rings is 2. The average Bonchev–Trinajstić information content (AvgIpc) is 3.21. The lowest BCUT2D eigenvalue weighted by Crippen LogP contribution is -2.41. The van der Waals surface area contributed by atoms with Gasteiger partial charge in [-0.1, -0.05) is 60.7 Å². The molecule has 1 amide bonds. The van der Waals surface area contributed by atoms with Crippen molar-refractivity contribution in [2.75, 3.05) is 33.8 Å². The molecule has 26 heavy (non-hydrogen) atoms. The Morgan fingerprint density at radius 3 is 2.08 bits per heavy atom. The van der Waals surface area contributed by atoms with Gasteiger partial charge in [0.15, 0.2) is 6.10 Å². The zero-order valence-electron chi connectivity index (χ0n) is 15.7. The molecule has 0 radical (unpaired) electrons. The summed E-state index contributed by atoms with van der Waals surface area (Å²) in [6, 6.07) is 20.0. The first kappa shape index (κ1) is 18.6. The van der Waals surface area contributed by atoms with Crippen LogP contribution in [-0.4, -0.2) is 49.5 Å². The molecule has 4 heteroatoms. The Labute approximate surface area is 156 Å². The molecule has 3 rings (SSSR count). The molecule has 1 unspecified atom stereocenters. The lowest BCUT2D eigenvalue weighted by Gasteiger charge is -2.34. The second kappa shape index (κ2) is 8.97. The molecule has 1 heterocycles. The monoisotopic (exact) mass is 352 g/mol. The number of hydrogen-bond donors (Lipinski definition) is 0. The summed E-state index contributed by atoms with van der Waals surface area (Å²) in [5, 5.41) is 0. The van der Waals surface area contributed by atoms with Crippen molar-refractivity contribution in [3.05, 3.63) is 71.8 Å². The Hall–Kier alpha value is -2.17. The molecular formula is C22H28N2O2. The van der Waals surface area contributed by atoms with Crippen LogP contribution in [0.2, 0.25) is 0 Å². The SMILES string of the molecule is COC(C(=O)N(C)[C@H](CN1CCCC1)c1ccccc1)c1ccccc1. The minimum atomic E-state index is -0.578. The molecular weight excluding hydrogens is 324 g/mol. The van der Waals surface area contributed by atoms with Crippen molar-refractivity contribution in [1.82, 2.24) is 9.80 Å². The van der Waals surface area contributed by atoms with E-state index in [2.05, 4.69) is 17.0 Å². The second-order valence-corrected chi connectivity index (χ2v) is 6.91. The Balaban J connectivity index is 1.83. The first-order valence-corrected chi connectivity index (χ1v) is 9.32. The highest BCUT2D eigenvalue weighted by atomic mass is 16.5. The molecule has 2 atom stereocenters. The summed E-state index contributed by atoms with van der Waals surface area (Å²) >= 11 is 0. The van der Waals surface area contributed by atoms with E-state index in [4.69, 9.17) is 4.74 Å². The molecule has 0 bridgehead atoms. The Kier molecular flexibility index (Phi) is 6.42. The lowest BCUT2D eigenvalue weighted by molar-refractivity contribution is -0.143. The Morgan fingerprint density at radius 1 is 1.00 bits per heavy atom. The van der Waals surface area contributed by atoms with Gasteiger partial charge in [0.05, 0.1) is 6.04 Å². The van der Waals surface area contributed by atoms with Gasteiger partial charge >= 0.3 is 0 Å². The molecule has 1 saturated heterocycles. The fourth-order valence-corrected chi connectivity index (χ4v) is 3.68. The maximum absolute atomic E-state index is 13.2. The van der Waals surface area contributed by atoms with Gasteiger partial charge in [0.1, 0.15) is 0 Å². The molecule has 138 valence electrons. The van der Waals surface area contributed by atoms with Crippen molar-refractivity contribution < 1.29 is 9.53 Å². The Bertz CT molecular complexity index is 684. The first-order chi connectivity index (χ1) is 12.7. The van der Waals surface area contributed by atoms with Gasteiger partial charge in [-0.05, 0) is 37.1 Å². The van der Waals surface area contributed by atoms with Crippen molar-refractivity contribution in [3.8, 4) is 0 Å². The molecule has 1 fully saturated rings. The van der Waals surface area contributed by atoms with Crippen molar-refractivity contribution in [2.45, 2.75) is 25.0 Å². The highest BCUT2D eigenvalue weighted by molar-refractivity contribution is 5.82. The number of likely N-dealkylation sites (tertiary alicyclic amines) is 1.